The molecule has 0 saturated heterocycles. The average molecular weight is 326 g/mol. The molecule has 0 fully saturated rings. The Balaban J connectivity index is 2.73. The number of rotatable bonds is 6. The van der Waals surface area contributed by atoms with E-state index in [1.807, 2.05) is 18.2 Å². The highest BCUT2D eigenvalue weighted by molar-refractivity contribution is 9.10. The van der Waals surface area contributed by atoms with Crippen LogP contribution in [0.2, 0.25) is 0 Å². The number of carbonyl (C=O) groups is 1. The van der Waals surface area contributed by atoms with Crippen LogP contribution in [0.25, 0.3) is 0 Å². The van der Waals surface area contributed by atoms with E-state index in [1.165, 1.54) is 7.11 Å². The fourth-order valence-electron chi connectivity index (χ4n) is 1.47. The molecule has 0 saturated carbocycles. The number of esters is 1. The van der Waals surface area contributed by atoms with Crippen LogP contribution in [0.1, 0.15) is 12.5 Å². The van der Waals surface area contributed by atoms with Crippen LogP contribution in [0.15, 0.2) is 22.7 Å². The van der Waals surface area contributed by atoms with Crippen molar-refractivity contribution in [3.63, 3.8) is 0 Å². The molecule has 0 radical (unpaired) electrons. The third kappa shape index (κ3) is 4.93. The highest BCUT2D eigenvalue weighted by atomic mass is 79.9. The zero-order valence-electron chi connectivity index (χ0n) is 10.9. The van der Waals surface area contributed by atoms with E-state index in [0.717, 1.165) is 10.0 Å². The first kappa shape index (κ1) is 15.5. The van der Waals surface area contributed by atoms with Gasteiger partial charge >= 0.3 is 5.97 Å². The third-order valence-electron chi connectivity index (χ3n) is 2.49. The quantitative estimate of drug-likeness (QED) is 0.643. The Morgan fingerprint density at radius 2 is 2.32 bits per heavy atom. The zero-order chi connectivity index (χ0) is 14.3. The summed E-state index contributed by atoms with van der Waals surface area (Å²) in [4.78, 5) is 11.3. The molecular formula is C14H16BrNO3. The number of ether oxygens (including phenoxy) is 2. The Morgan fingerprint density at radius 1 is 1.58 bits per heavy atom. The summed E-state index contributed by atoms with van der Waals surface area (Å²) in [5.74, 6) is 2.82. The number of halogens is 1. The van der Waals surface area contributed by atoms with Crippen molar-refractivity contribution < 1.29 is 14.3 Å². The monoisotopic (exact) mass is 325 g/mol. The van der Waals surface area contributed by atoms with Crippen LogP contribution >= 0.6 is 15.9 Å². The minimum atomic E-state index is -0.385. The number of carbonyl (C=O) groups excluding carboxylic acids is 1. The number of methoxy groups -OCH3 is 1. The van der Waals surface area contributed by atoms with E-state index >= 15 is 0 Å². The van der Waals surface area contributed by atoms with Gasteiger partial charge in [0.1, 0.15) is 18.4 Å². The molecule has 5 heteroatoms. The average Bonchev–Trinajstić information content (AvgIpc) is 2.42. The molecule has 0 spiro atoms. The van der Waals surface area contributed by atoms with Crippen LogP contribution < -0.4 is 10.1 Å². The van der Waals surface area contributed by atoms with E-state index in [0.29, 0.717) is 12.3 Å². The Morgan fingerprint density at radius 3 is 2.95 bits per heavy atom. The molecule has 1 N–H and O–H groups in total. The topological polar surface area (TPSA) is 47.6 Å². The van der Waals surface area contributed by atoms with Gasteiger partial charge in [-0.25, -0.2) is 0 Å². The molecule has 19 heavy (non-hydrogen) atoms. The van der Waals surface area contributed by atoms with Gasteiger partial charge < -0.3 is 14.8 Å². The van der Waals surface area contributed by atoms with Gasteiger partial charge in [-0.05, 0) is 25.1 Å². The Labute approximate surface area is 121 Å². The Kier molecular flexibility index (Phi) is 6.40. The minimum Gasteiger partial charge on any atom is -0.481 e. The first-order chi connectivity index (χ1) is 9.08. The van der Waals surface area contributed by atoms with E-state index in [1.54, 1.807) is 6.92 Å². The summed E-state index contributed by atoms with van der Waals surface area (Å²) < 4.78 is 11.0. The van der Waals surface area contributed by atoms with Crippen LogP contribution in [0, 0.1) is 12.3 Å². The molecule has 1 aromatic rings. The summed E-state index contributed by atoms with van der Waals surface area (Å²) in [6, 6.07) is 5.24. The number of terminal acetylenes is 1. The molecule has 0 amide bonds. The van der Waals surface area contributed by atoms with Crippen molar-refractivity contribution in [2.75, 3.05) is 13.7 Å². The molecule has 0 aliphatic carbocycles. The van der Waals surface area contributed by atoms with Crippen molar-refractivity contribution in [1.29, 1.82) is 0 Å². The molecule has 1 unspecified atom stereocenters. The van der Waals surface area contributed by atoms with Crippen LogP contribution in [0.3, 0.4) is 0 Å². The van der Waals surface area contributed by atoms with Crippen molar-refractivity contribution in [2.45, 2.75) is 19.5 Å². The van der Waals surface area contributed by atoms with E-state index in [4.69, 9.17) is 11.2 Å². The van der Waals surface area contributed by atoms with Crippen molar-refractivity contribution in [2.24, 2.45) is 0 Å². The Bertz CT molecular complexity index is 482. The van der Waals surface area contributed by atoms with Gasteiger partial charge in [0.05, 0.1) is 7.11 Å². The van der Waals surface area contributed by atoms with E-state index in [2.05, 4.69) is 31.9 Å². The smallest absolute Gasteiger partial charge is 0.322 e. The van der Waals surface area contributed by atoms with Crippen LogP contribution in [-0.2, 0) is 16.1 Å². The van der Waals surface area contributed by atoms with E-state index < -0.39 is 0 Å². The van der Waals surface area contributed by atoms with Crippen LogP contribution in [0.4, 0.5) is 0 Å². The van der Waals surface area contributed by atoms with Crippen molar-refractivity contribution in [1.82, 2.24) is 5.32 Å². The van der Waals surface area contributed by atoms with Crippen LogP contribution in [0.5, 0.6) is 5.75 Å². The lowest BCUT2D eigenvalue weighted by Gasteiger charge is -2.14. The third-order valence-corrected chi connectivity index (χ3v) is 2.98. The predicted molar refractivity (Wildman–Crippen MR) is 76.8 cm³/mol. The van der Waals surface area contributed by atoms with Crippen LogP contribution in [-0.4, -0.2) is 25.7 Å². The fraction of sp³-hybridized carbons (Fsp3) is 0.357. The van der Waals surface area contributed by atoms with Gasteiger partial charge in [-0.1, -0.05) is 21.9 Å². The predicted octanol–water partition coefficient (Wildman–Crippen LogP) is 2.11. The number of hydrogen-bond donors (Lipinski definition) is 1. The molecular weight excluding hydrogens is 310 g/mol. The van der Waals surface area contributed by atoms with Gasteiger partial charge in [0, 0.05) is 16.6 Å². The van der Waals surface area contributed by atoms with Gasteiger partial charge in [-0.15, -0.1) is 6.42 Å². The molecule has 102 valence electrons. The largest absolute Gasteiger partial charge is 0.481 e. The number of nitrogens with one attached hydrogen (secondary N) is 1. The highest BCUT2D eigenvalue weighted by Gasteiger charge is 2.13. The van der Waals surface area contributed by atoms with E-state index in [9.17, 15) is 4.79 Å². The molecule has 0 heterocycles. The molecule has 4 nitrogen and oxygen atoms in total. The fourth-order valence-corrected chi connectivity index (χ4v) is 1.88. The maximum atomic E-state index is 11.3. The lowest BCUT2D eigenvalue weighted by Crippen LogP contribution is -2.34. The second kappa shape index (κ2) is 7.82. The summed E-state index contributed by atoms with van der Waals surface area (Å²) >= 11 is 3.40. The van der Waals surface area contributed by atoms with Crippen molar-refractivity contribution in [3.8, 4) is 18.1 Å². The normalized spacial score (nSPS) is 11.5. The van der Waals surface area contributed by atoms with Crippen molar-refractivity contribution >= 4 is 21.9 Å². The van der Waals surface area contributed by atoms with Crippen molar-refractivity contribution in [3.05, 3.63) is 28.2 Å². The summed E-state index contributed by atoms with van der Waals surface area (Å²) in [5.41, 5.74) is 0.917. The van der Waals surface area contributed by atoms with Gasteiger partial charge in [0.2, 0.25) is 0 Å². The van der Waals surface area contributed by atoms with Gasteiger partial charge in [0.25, 0.3) is 0 Å². The second-order valence-electron chi connectivity index (χ2n) is 3.87. The molecule has 0 bridgehead atoms. The van der Waals surface area contributed by atoms with Gasteiger partial charge in [-0.3, -0.25) is 4.79 Å². The number of hydrogen-bond acceptors (Lipinski definition) is 4. The molecule has 1 atom stereocenters. The number of benzene rings is 1. The summed E-state index contributed by atoms with van der Waals surface area (Å²) in [6.07, 6.45) is 5.18. The van der Waals surface area contributed by atoms with Gasteiger partial charge in [0.15, 0.2) is 0 Å². The first-order valence-corrected chi connectivity index (χ1v) is 6.53. The molecule has 0 aliphatic rings. The summed E-state index contributed by atoms with van der Waals surface area (Å²) in [5, 5.41) is 3.07. The first-order valence-electron chi connectivity index (χ1n) is 5.74. The SMILES string of the molecule is C#CCOc1ccc(Br)cc1CNC(C)C(=O)OC. The maximum Gasteiger partial charge on any atom is 0.322 e. The standard InChI is InChI=1S/C14H16BrNO3/c1-4-7-19-13-6-5-12(15)8-11(13)9-16-10(2)14(17)18-3/h1,5-6,8,10,16H,7,9H2,2-3H3. The van der Waals surface area contributed by atoms with Gasteiger partial charge in [-0.2, -0.15) is 0 Å². The summed E-state index contributed by atoms with van der Waals surface area (Å²) in [7, 11) is 1.36. The Hall–Kier alpha value is -1.51. The lowest BCUT2D eigenvalue weighted by molar-refractivity contribution is -0.142. The lowest BCUT2D eigenvalue weighted by atomic mass is 10.2. The highest BCUT2D eigenvalue weighted by Crippen LogP contribution is 2.23. The second-order valence-corrected chi connectivity index (χ2v) is 4.79. The zero-order valence-corrected chi connectivity index (χ0v) is 12.5. The maximum absolute atomic E-state index is 11.3. The molecule has 0 aliphatic heterocycles. The molecule has 1 aromatic carbocycles. The minimum absolute atomic E-state index is 0.210. The molecule has 1 rings (SSSR count). The summed E-state index contributed by atoms with van der Waals surface area (Å²) in [6.45, 7) is 2.43. The van der Waals surface area contributed by atoms with E-state index in [-0.39, 0.29) is 18.6 Å². The molecule has 0 aromatic heterocycles.